The van der Waals surface area contributed by atoms with Crippen LogP contribution in [0.2, 0.25) is 0 Å². The second kappa shape index (κ2) is 9.38. The fourth-order valence-electron chi connectivity index (χ4n) is 3.52. The quantitative estimate of drug-likeness (QED) is 0.597. The highest BCUT2D eigenvalue weighted by molar-refractivity contribution is 5.97. The Labute approximate surface area is 182 Å². The first kappa shape index (κ1) is 22.0. The largest absolute Gasteiger partial charge is 0.497 e. The molecular weight excluding hydrogens is 394 g/mol. The number of rotatable bonds is 6. The summed E-state index contributed by atoms with van der Waals surface area (Å²) in [7, 11) is 1.62. The van der Waals surface area contributed by atoms with Crippen LogP contribution in [-0.2, 0) is 4.79 Å². The Hall–Kier alpha value is -3.74. The number of aryl methyl sites for hydroxylation is 3. The van der Waals surface area contributed by atoms with Crippen LogP contribution in [0.5, 0.6) is 11.5 Å². The van der Waals surface area contributed by atoms with Gasteiger partial charge < -0.3 is 14.0 Å². The number of carbonyl (C=O) groups excluding carboxylic acids is 2. The Bertz CT molecular complexity index is 1080. The maximum Gasteiger partial charge on any atom is 0.276 e. The van der Waals surface area contributed by atoms with Crippen LogP contribution in [0.15, 0.2) is 48.5 Å². The number of hydrogen-bond acceptors (Lipinski definition) is 4. The van der Waals surface area contributed by atoms with Gasteiger partial charge in [-0.1, -0.05) is 6.07 Å². The van der Waals surface area contributed by atoms with Crippen molar-refractivity contribution in [3.63, 3.8) is 0 Å². The topological polar surface area (TPSA) is 81.6 Å². The van der Waals surface area contributed by atoms with Crippen molar-refractivity contribution in [2.24, 2.45) is 0 Å². The minimum atomic E-state index is -0.448. The maximum atomic E-state index is 12.6. The van der Waals surface area contributed by atoms with Gasteiger partial charge in [-0.25, -0.2) is 0 Å². The molecule has 31 heavy (non-hydrogen) atoms. The second-order valence-electron chi connectivity index (χ2n) is 7.43. The predicted octanol–water partition coefficient (Wildman–Crippen LogP) is 3.56. The van der Waals surface area contributed by atoms with Crippen LogP contribution in [0.4, 0.5) is 0 Å². The van der Waals surface area contributed by atoms with E-state index in [0.29, 0.717) is 11.3 Å². The molecule has 0 saturated heterocycles. The Morgan fingerprint density at radius 1 is 0.871 bits per heavy atom. The number of amides is 2. The molecule has 0 radical (unpaired) electrons. The van der Waals surface area contributed by atoms with Gasteiger partial charge in [-0.3, -0.25) is 20.4 Å². The average molecular weight is 421 g/mol. The lowest BCUT2D eigenvalue weighted by molar-refractivity contribution is -0.123. The molecule has 3 aromatic rings. The summed E-state index contributed by atoms with van der Waals surface area (Å²) in [6.07, 6.45) is 0. The summed E-state index contributed by atoms with van der Waals surface area (Å²) >= 11 is 0. The predicted molar refractivity (Wildman–Crippen MR) is 119 cm³/mol. The zero-order valence-electron chi connectivity index (χ0n) is 18.4. The molecule has 3 rings (SSSR count). The van der Waals surface area contributed by atoms with E-state index in [1.54, 1.807) is 13.2 Å². The number of hydrazine groups is 1. The SMILES string of the molecule is COc1ccc(-n2c(C)cc(C(=O)NNC(=O)COc3cc(C)cc(C)c3)c2C)cc1. The maximum absolute atomic E-state index is 12.6. The lowest BCUT2D eigenvalue weighted by Gasteiger charge is -2.11. The Morgan fingerprint density at radius 2 is 1.52 bits per heavy atom. The minimum absolute atomic E-state index is 0.200. The van der Waals surface area contributed by atoms with Gasteiger partial charge >= 0.3 is 0 Å². The average Bonchev–Trinajstić information content (AvgIpc) is 3.04. The third-order valence-electron chi connectivity index (χ3n) is 4.89. The number of ether oxygens (including phenoxy) is 2. The number of carbonyl (C=O) groups is 2. The van der Waals surface area contributed by atoms with Gasteiger partial charge in [-0.15, -0.1) is 0 Å². The van der Waals surface area contributed by atoms with E-state index >= 15 is 0 Å². The summed E-state index contributed by atoms with van der Waals surface area (Å²) in [5.74, 6) is 0.529. The van der Waals surface area contributed by atoms with Gasteiger partial charge in [0, 0.05) is 17.1 Å². The number of nitrogens with zero attached hydrogens (tertiary/aromatic N) is 1. The lowest BCUT2D eigenvalue weighted by atomic mass is 10.1. The smallest absolute Gasteiger partial charge is 0.276 e. The Kier molecular flexibility index (Phi) is 6.65. The van der Waals surface area contributed by atoms with Crippen LogP contribution in [0, 0.1) is 27.7 Å². The molecule has 1 aromatic heterocycles. The van der Waals surface area contributed by atoms with Crippen LogP contribution in [0.1, 0.15) is 32.9 Å². The molecule has 0 aliphatic carbocycles. The Balaban J connectivity index is 1.62. The molecule has 0 aliphatic heterocycles. The molecule has 0 unspecified atom stereocenters. The highest BCUT2D eigenvalue weighted by Crippen LogP contribution is 2.22. The van der Waals surface area contributed by atoms with Gasteiger partial charge in [0.15, 0.2) is 6.61 Å². The number of methoxy groups -OCH3 is 1. The van der Waals surface area contributed by atoms with E-state index in [2.05, 4.69) is 10.9 Å². The van der Waals surface area contributed by atoms with E-state index in [-0.39, 0.29) is 6.61 Å². The Morgan fingerprint density at radius 3 is 2.13 bits per heavy atom. The van der Waals surface area contributed by atoms with Crippen molar-refractivity contribution in [2.75, 3.05) is 13.7 Å². The van der Waals surface area contributed by atoms with Gasteiger partial charge in [-0.05, 0) is 81.3 Å². The first-order valence-corrected chi connectivity index (χ1v) is 9.92. The summed E-state index contributed by atoms with van der Waals surface area (Å²) in [5, 5.41) is 0. The molecule has 162 valence electrons. The lowest BCUT2D eigenvalue weighted by Crippen LogP contribution is -2.44. The first-order chi connectivity index (χ1) is 14.8. The van der Waals surface area contributed by atoms with E-state index in [0.717, 1.165) is 34.0 Å². The molecule has 0 bridgehead atoms. The number of aromatic nitrogens is 1. The molecule has 0 atom stereocenters. The normalized spacial score (nSPS) is 10.5. The van der Waals surface area contributed by atoms with Crippen molar-refractivity contribution in [3.05, 3.63) is 76.6 Å². The molecule has 7 nitrogen and oxygen atoms in total. The molecule has 7 heteroatoms. The summed E-state index contributed by atoms with van der Waals surface area (Å²) in [6, 6.07) is 15.1. The molecular formula is C24H27N3O4. The zero-order chi connectivity index (χ0) is 22.5. The molecule has 1 heterocycles. The fraction of sp³-hybridized carbons (Fsp3) is 0.250. The first-order valence-electron chi connectivity index (χ1n) is 9.92. The van der Waals surface area contributed by atoms with E-state index < -0.39 is 11.8 Å². The van der Waals surface area contributed by atoms with Crippen molar-refractivity contribution in [2.45, 2.75) is 27.7 Å². The molecule has 0 saturated carbocycles. The van der Waals surface area contributed by atoms with Crippen molar-refractivity contribution in [1.29, 1.82) is 0 Å². The van der Waals surface area contributed by atoms with Crippen LogP contribution >= 0.6 is 0 Å². The van der Waals surface area contributed by atoms with E-state index in [1.807, 2.05) is 74.7 Å². The van der Waals surface area contributed by atoms with E-state index in [4.69, 9.17) is 9.47 Å². The molecule has 2 amide bonds. The summed E-state index contributed by atoms with van der Waals surface area (Å²) < 4.78 is 12.7. The van der Waals surface area contributed by atoms with Gasteiger partial charge in [0.05, 0.1) is 12.7 Å². The van der Waals surface area contributed by atoms with Gasteiger partial charge in [0.25, 0.3) is 11.8 Å². The highest BCUT2D eigenvalue weighted by Gasteiger charge is 2.17. The van der Waals surface area contributed by atoms with Crippen molar-refractivity contribution >= 4 is 11.8 Å². The van der Waals surface area contributed by atoms with Crippen molar-refractivity contribution in [3.8, 4) is 17.2 Å². The van der Waals surface area contributed by atoms with Gasteiger partial charge in [0.1, 0.15) is 11.5 Å². The molecule has 2 N–H and O–H groups in total. The van der Waals surface area contributed by atoms with Crippen LogP contribution in [0.3, 0.4) is 0 Å². The van der Waals surface area contributed by atoms with Gasteiger partial charge in [0.2, 0.25) is 0 Å². The molecule has 0 aliphatic rings. The third kappa shape index (κ3) is 5.25. The highest BCUT2D eigenvalue weighted by atomic mass is 16.5. The fourth-order valence-corrected chi connectivity index (χ4v) is 3.52. The number of hydrogen-bond donors (Lipinski definition) is 2. The van der Waals surface area contributed by atoms with Crippen LogP contribution in [0.25, 0.3) is 5.69 Å². The molecule has 0 fully saturated rings. The van der Waals surface area contributed by atoms with E-state index in [9.17, 15) is 9.59 Å². The second-order valence-corrected chi connectivity index (χ2v) is 7.43. The van der Waals surface area contributed by atoms with E-state index in [1.165, 1.54) is 0 Å². The van der Waals surface area contributed by atoms with Crippen molar-refractivity contribution < 1.29 is 19.1 Å². The molecule has 0 spiro atoms. The summed E-state index contributed by atoms with van der Waals surface area (Å²) in [5.41, 5.74) is 10.0. The van der Waals surface area contributed by atoms with Crippen LogP contribution < -0.4 is 20.3 Å². The monoisotopic (exact) mass is 421 g/mol. The minimum Gasteiger partial charge on any atom is -0.497 e. The molecule has 2 aromatic carbocycles. The van der Waals surface area contributed by atoms with Crippen molar-refractivity contribution in [1.82, 2.24) is 15.4 Å². The summed E-state index contributed by atoms with van der Waals surface area (Å²) in [6.45, 7) is 7.50. The number of nitrogens with one attached hydrogen (secondary N) is 2. The van der Waals surface area contributed by atoms with Crippen LogP contribution in [-0.4, -0.2) is 30.1 Å². The zero-order valence-corrected chi connectivity index (χ0v) is 18.4. The number of benzene rings is 2. The summed E-state index contributed by atoms with van der Waals surface area (Å²) in [4.78, 5) is 24.7. The third-order valence-corrected chi connectivity index (χ3v) is 4.89. The standard InChI is InChI=1S/C24H27N3O4/c1-15-10-16(2)12-21(11-15)31-14-23(28)25-26-24(29)22-13-17(3)27(18(22)4)19-6-8-20(30-5)9-7-19/h6-13H,14H2,1-5H3,(H,25,28)(H,26,29). The van der Waals surface area contributed by atoms with Gasteiger partial charge in [-0.2, -0.15) is 0 Å².